The predicted molar refractivity (Wildman–Crippen MR) is 83.5 cm³/mol. The van der Waals surface area contributed by atoms with Crippen molar-refractivity contribution < 1.29 is 4.79 Å². The number of amides is 1. The molecule has 2 rings (SSSR count). The second-order valence-corrected chi connectivity index (χ2v) is 5.08. The summed E-state index contributed by atoms with van der Waals surface area (Å²) >= 11 is 8.01. The highest BCUT2D eigenvalue weighted by atomic mass is 127. The van der Waals surface area contributed by atoms with Gasteiger partial charge in [0.2, 0.25) is 0 Å². The van der Waals surface area contributed by atoms with Gasteiger partial charge in [0.05, 0.1) is 11.8 Å². The van der Waals surface area contributed by atoms with Gasteiger partial charge in [-0.25, -0.2) is 10.4 Å². The van der Waals surface area contributed by atoms with Gasteiger partial charge >= 0.3 is 0 Å². The molecule has 1 N–H and O–H groups in total. The largest absolute Gasteiger partial charge is 0.274 e. The van der Waals surface area contributed by atoms with Gasteiger partial charge in [0, 0.05) is 15.3 Å². The van der Waals surface area contributed by atoms with Crippen molar-refractivity contribution in [1.29, 1.82) is 0 Å². The van der Waals surface area contributed by atoms with Gasteiger partial charge in [-0.1, -0.05) is 29.8 Å². The van der Waals surface area contributed by atoms with Crippen molar-refractivity contribution >= 4 is 46.3 Å². The van der Waals surface area contributed by atoms with E-state index in [1.165, 1.54) is 6.20 Å². The summed E-state index contributed by atoms with van der Waals surface area (Å²) in [5.41, 5.74) is 3.64. The summed E-state index contributed by atoms with van der Waals surface area (Å²) in [6.45, 7) is 0. The van der Waals surface area contributed by atoms with E-state index in [2.05, 4.69) is 38.1 Å². The number of nitrogens with zero attached hydrogens (tertiary/aromatic N) is 2. The monoisotopic (exact) mass is 385 g/mol. The fourth-order valence-corrected chi connectivity index (χ4v) is 2.09. The maximum atomic E-state index is 11.8. The molecule has 4 nitrogen and oxygen atoms in total. The molecule has 96 valence electrons. The minimum Gasteiger partial charge on any atom is -0.267 e. The highest BCUT2D eigenvalue weighted by Crippen LogP contribution is 2.11. The van der Waals surface area contributed by atoms with Crippen molar-refractivity contribution in [3.63, 3.8) is 0 Å². The van der Waals surface area contributed by atoms with Gasteiger partial charge in [0.15, 0.2) is 0 Å². The number of halogens is 2. The summed E-state index contributed by atoms with van der Waals surface area (Å²) in [6, 6.07) is 10.9. The Morgan fingerprint density at radius 1 is 1.32 bits per heavy atom. The molecule has 0 unspecified atom stereocenters. The minimum atomic E-state index is -0.389. The molecule has 0 bridgehead atoms. The standard InChI is InChI=1S/C13H9ClIN3O/c14-12-10(5-3-7-16-12)13(19)18-17-8-9-4-1-2-6-11(9)15/h1-8H,(H,18,19). The van der Waals surface area contributed by atoms with Crippen molar-refractivity contribution in [2.75, 3.05) is 0 Å². The van der Waals surface area contributed by atoms with E-state index in [0.29, 0.717) is 5.56 Å². The summed E-state index contributed by atoms with van der Waals surface area (Å²) in [5, 5.41) is 4.06. The molecular formula is C13H9ClIN3O. The number of aromatic nitrogens is 1. The smallest absolute Gasteiger partial charge is 0.267 e. The van der Waals surface area contributed by atoms with Gasteiger partial charge in [-0.15, -0.1) is 0 Å². The zero-order chi connectivity index (χ0) is 13.7. The molecule has 0 spiro atoms. The Balaban J connectivity index is 2.06. The third-order valence-electron chi connectivity index (χ3n) is 2.28. The lowest BCUT2D eigenvalue weighted by atomic mass is 10.2. The van der Waals surface area contributed by atoms with Crippen LogP contribution in [-0.4, -0.2) is 17.1 Å². The van der Waals surface area contributed by atoms with Crippen LogP contribution in [0.2, 0.25) is 5.15 Å². The van der Waals surface area contributed by atoms with E-state index < -0.39 is 0 Å². The van der Waals surface area contributed by atoms with Gasteiger partial charge in [0.1, 0.15) is 5.15 Å². The number of hydrogen-bond donors (Lipinski definition) is 1. The van der Waals surface area contributed by atoms with E-state index >= 15 is 0 Å². The first-order valence-electron chi connectivity index (χ1n) is 5.37. The van der Waals surface area contributed by atoms with Crippen LogP contribution in [0.3, 0.4) is 0 Å². The molecule has 0 saturated heterocycles. The van der Waals surface area contributed by atoms with Crippen LogP contribution in [0.1, 0.15) is 15.9 Å². The molecule has 2 aromatic rings. The molecule has 1 aromatic carbocycles. The normalized spacial score (nSPS) is 10.6. The van der Waals surface area contributed by atoms with E-state index in [1.54, 1.807) is 18.3 Å². The van der Waals surface area contributed by atoms with Crippen LogP contribution in [0.25, 0.3) is 0 Å². The number of nitrogens with one attached hydrogen (secondary N) is 1. The fourth-order valence-electron chi connectivity index (χ4n) is 1.36. The summed E-state index contributed by atoms with van der Waals surface area (Å²) in [4.78, 5) is 15.6. The summed E-state index contributed by atoms with van der Waals surface area (Å²) in [6.07, 6.45) is 3.11. The lowest BCUT2D eigenvalue weighted by Gasteiger charge is -2.01. The molecule has 1 aromatic heterocycles. The van der Waals surface area contributed by atoms with Crippen molar-refractivity contribution in [2.45, 2.75) is 0 Å². The third-order valence-corrected chi connectivity index (χ3v) is 3.56. The number of pyridine rings is 1. The van der Waals surface area contributed by atoms with Crippen LogP contribution in [0.4, 0.5) is 0 Å². The van der Waals surface area contributed by atoms with E-state index in [0.717, 1.165) is 9.13 Å². The van der Waals surface area contributed by atoms with Crippen molar-refractivity contribution in [3.05, 3.63) is 62.4 Å². The Labute approximate surface area is 129 Å². The molecule has 0 aliphatic carbocycles. The Kier molecular flexibility index (Phi) is 4.86. The average Bonchev–Trinajstić information content (AvgIpc) is 2.41. The predicted octanol–water partition coefficient (Wildman–Crippen LogP) is 3.10. The van der Waals surface area contributed by atoms with Crippen LogP contribution < -0.4 is 5.43 Å². The Hall–Kier alpha value is -1.47. The number of carbonyl (C=O) groups is 1. The molecule has 1 heterocycles. The quantitative estimate of drug-likeness (QED) is 0.382. The number of carbonyl (C=O) groups excluding carboxylic acids is 1. The zero-order valence-electron chi connectivity index (χ0n) is 9.68. The molecule has 0 saturated carbocycles. The lowest BCUT2D eigenvalue weighted by molar-refractivity contribution is 0.0955. The molecule has 6 heteroatoms. The maximum absolute atomic E-state index is 11.8. The summed E-state index contributed by atoms with van der Waals surface area (Å²) in [7, 11) is 0. The number of hydrazone groups is 1. The van der Waals surface area contributed by atoms with Crippen molar-refractivity contribution in [1.82, 2.24) is 10.4 Å². The van der Waals surface area contributed by atoms with E-state index in [1.807, 2.05) is 24.3 Å². The van der Waals surface area contributed by atoms with Crippen LogP contribution >= 0.6 is 34.2 Å². The molecule has 0 atom stereocenters. The highest BCUT2D eigenvalue weighted by molar-refractivity contribution is 14.1. The second-order valence-electron chi connectivity index (χ2n) is 3.56. The highest BCUT2D eigenvalue weighted by Gasteiger charge is 2.09. The van der Waals surface area contributed by atoms with Crippen LogP contribution in [0.15, 0.2) is 47.7 Å². The van der Waals surface area contributed by atoms with Gasteiger partial charge in [0.25, 0.3) is 5.91 Å². The molecule has 19 heavy (non-hydrogen) atoms. The molecule has 0 aliphatic rings. The molecular weight excluding hydrogens is 377 g/mol. The number of rotatable bonds is 3. The second kappa shape index (κ2) is 6.63. The number of benzene rings is 1. The van der Waals surface area contributed by atoms with E-state index in [-0.39, 0.29) is 11.1 Å². The van der Waals surface area contributed by atoms with E-state index in [9.17, 15) is 4.79 Å². The Morgan fingerprint density at radius 2 is 2.11 bits per heavy atom. The van der Waals surface area contributed by atoms with Gasteiger partial charge in [-0.05, 0) is 40.8 Å². The van der Waals surface area contributed by atoms with E-state index in [4.69, 9.17) is 11.6 Å². The summed E-state index contributed by atoms with van der Waals surface area (Å²) in [5.74, 6) is -0.389. The number of hydrogen-bond acceptors (Lipinski definition) is 3. The van der Waals surface area contributed by atoms with Gasteiger partial charge < -0.3 is 0 Å². The molecule has 0 aliphatic heterocycles. The van der Waals surface area contributed by atoms with Crippen LogP contribution in [0.5, 0.6) is 0 Å². The first-order chi connectivity index (χ1) is 9.18. The fraction of sp³-hybridized carbons (Fsp3) is 0. The van der Waals surface area contributed by atoms with Crippen LogP contribution in [-0.2, 0) is 0 Å². The third kappa shape index (κ3) is 3.74. The zero-order valence-corrected chi connectivity index (χ0v) is 12.6. The van der Waals surface area contributed by atoms with Crippen molar-refractivity contribution in [2.24, 2.45) is 5.10 Å². The van der Waals surface area contributed by atoms with Gasteiger partial charge in [-0.2, -0.15) is 5.10 Å². The topological polar surface area (TPSA) is 54.4 Å². The lowest BCUT2D eigenvalue weighted by Crippen LogP contribution is -2.18. The molecule has 1 amide bonds. The minimum absolute atomic E-state index is 0.157. The summed E-state index contributed by atoms with van der Waals surface area (Å²) < 4.78 is 1.05. The molecule has 0 fully saturated rings. The van der Waals surface area contributed by atoms with Gasteiger partial charge in [-0.3, -0.25) is 4.79 Å². The maximum Gasteiger partial charge on any atom is 0.274 e. The molecule has 0 radical (unpaired) electrons. The first kappa shape index (κ1) is 14.0. The SMILES string of the molecule is O=C(NN=Cc1ccccc1I)c1cccnc1Cl. The Bertz CT molecular complexity index is 631. The first-order valence-corrected chi connectivity index (χ1v) is 6.82. The van der Waals surface area contributed by atoms with Crippen molar-refractivity contribution in [3.8, 4) is 0 Å². The average molecular weight is 386 g/mol. The Morgan fingerprint density at radius 3 is 2.84 bits per heavy atom. The van der Waals surface area contributed by atoms with Crippen LogP contribution in [0, 0.1) is 3.57 Å².